The Bertz CT molecular complexity index is 446. The number of phenols is 1. The molecular weight excluding hydrogens is 339 g/mol. The third-order valence-electron chi connectivity index (χ3n) is 4.70. The minimum absolute atomic E-state index is 0.0190. The van der Waals surface area contributed by atoms with E-state index < -0.39 is 0 Å². The first-order chi connectivity index (χ1) is 11.7. The third kappa shape index (κ3) is 9.18. The van der Waals surface area contributed by atoms with Gasteiger partial charge >= 0.3 is 0 Å². The van der Waals surface area contributed by atoms with Crippen molar-refractivity contribution in [3.63, 3.8) is 0 Å². The highest BCUT2D eigenvalue weighted by molar-refractivity contribution is 6.37. The van der Waals surface area contributed by atoms with Gasteiger partial charge in [-0.1, -0.05) is 113 Å². The second kappa shape index (κ2) is 13.8. The Kier molecular flexibility index (Phi) is 12.5. The number of aromatic hydroxyl groups is 1. The molecule has 0 radical (unpaired) electrons. The molecule has 0 saturated heterocycles. The van der Waals surface area contributed by atoms with Crippen molar-refractivity contribution in [1.29, 1.82) is 0 Å². The molecule has 0 saturated carbocycles. The fraction of sp³-hybridized carbons (Fsp3) is 0.714. The van der Waals surface area contributed by atoms with E-state index >= 15 is 0 Å². The highest BCUT2D eigenvalue weighted by Crippen LogP contribution is 2.34. The molecule has 1 aromatic carbocycles. The van der Waals surface area contributed by atoms with E-state index in [9.17, 15) is 5.11 Å². The first-order valence-electron chi connectivity index (χ1n) is 9.82. The van der Waals surface area contributed by atoms with Crippen LogP contribution in [-0.2, 0) is 6.42 Å². The number of unbranched alkanes of at least 4 members (excludes halogenated alkanes) is 12. The Labute approximate surface area is 158 Å². The van der Waals surface area contributed by atoms with Crippen LogP contribution in [0.2, 0.25) is 10.0 Å². The predicted octanol–water partition coefficient (Wildman–Crippen LogP) is 8.33. The normalized spacial score (nSPS) is 11.1. The van der Waals surface area contributed by atoms with Crippen LogP contribution in [-0.4, -0.2) is 5.11 Å². The van der Waals surface area contributed by atoms with Crippen LogP contribution in [0.15, 0.2) is 12.1 Å². The van der Waals surface area contributed by atoms with Gasteiger partial charge in [0.25, 0.3) is 0 Å². The highest BCUT2D eigenvalue weighted by Gasteiger charge is 2.08. The molecule has 0 aliphatic carbocycles. The topological polar surface area (TPSA) is 20.2 Å². The fourth-order valence-corrected chi connectivity index (χ4v) is 3.57. The van der Waals surface area contributed by atoms with Crippen molar-refractivity contribution < 1.29 is 5.11 Å². The molecule has 0 atom stereocenters. The van der Waals surface area contributed by atoms with E-state index in [1.165, 1.54) is 77.0 Å². The minimum atomic E-state index is 0.0190. The quantitative estimate of drug-likeness (QED) is 0.325. The molecular formula is C21H34Cl2O. The van der Waals surface area contributed by atoms with Crippen molar-refractivity contribution in [2.24, 2.45) is 0 Å². The molecule has 0 bridgehead atoms. The molecule has 24 heavy (non-hydrogen) atoms. The van der Waals surface area contributed by atoms with Crippen LogP contribution in [0.25, 0.3) is 0 Å². The zero-order valence-electron chi connectivity index (χ0n) is 15.3. The first kappa shape index (κ1) is 21.6. The van der Waals surface area contributed by atoms with Gasteiger partial charge in [-0.05, 0) is 24.5 Å². The SMILES string of the molecule is CCCCCCCCCCCCCCCc1ccc(Cl)c(O)c1Cl. The molecule has 1 N–H and O–H groups in total. The van der Waals surface area contributed by atoms with E-state index in [0.717, 1.165) is 18.4 Å². The smallest absolute Gasteiger partial charge is 0.153 e. The summed E-state index contributed by atoms with van der Waals surface area (Å²) in [6.07, 6.45) is 18.5. The number of hydrogen-bond acceptors (Lipinski definition) is 1. The van der Waals surface area contributed by atoms with Gasteiger partial charge in [-0.25, -0.2) is 0 Å². The van der Waals surface area contributed by atoms with E-state index in [0.29, 0.717) is 10.0 Å². The van der Waals surface area contributed by atoms with Gasteiger partial charge in [-0.2, -0.15) is 0 Å². The molecule has 0 fully saturated rings. The maximum Gasteiger partial charge on any atom is 0.153 e. The van der Waals surface area contributed by atoms with E-state index in [-0.39, 0.29) is 5.75 Å². The maximum absolute atomic E-state index is 9.73. The van der Waals surface area contributed by atoms with Gasteiger partial charge < -0.3 is 5.11 Å². The molecule has 0 amide bonds. The Morgan fingerprint density at radius 1 is 0.708 bits per heavy atom. The molecule has 1 aromatic rings. The molecule has 0 unspecified atom stereocenters. The second-order valence-corrected chi connectivity index (χ2v) is 7.65. The lowest BCUT2D eigenvalue weighted by atomic mass is 10.0. The van der Waals surface area contributed by atoms with Crippen molar-refractivity contribution in [1.82, 2.24) is 0 Å². The summed E-state index contributed by atoms with van der Waals surface area (Å²) in [5, 5.41) is 10.5. The number of phenolic OH excluding ortho intramolecular Hbond substituents is 1. The molecule has 138 valence electrons. The predicted molar refractivity (Wildman–Crippen MR) is 108 cm³/mol. The maximum atomic E-state index is 9.73. The van der Waals surface area contributed by atoms with Crippen LogP contribution in [0.4, 0.5) is 0 Å². The molecule has 0 heterocycles. The van der Waals surface area contributed by atoms with E-state index in [1.807, 2.05) is 6.07 Å². The van der Waals surface area contributed by atoms with E-state index in [1.54, 1.807) is 6.07 Å². The summed E-state index contributed by atoms with van der Waals surface area (Å²) in [5.74, 6) is 0.0190. The van der Waals surface area contributed by atoms with Gasteiger partial charge in [0.15, 0.2) is 5.75 Å². The number of halogens is 2. The molecule has 0 aromatic heterocycles. The number of hydrogen-bond donors (Lipinski definition) is 1. The Morgan fingerprint density at radius 3 is 1.67 bits per heavy atom. The number of benzene rings is 1. The largest absolute Gasteiger partial charge is 0.505 e. The van der Waals surface area contributed by atoms with Crippen molar-refractivity contribution in [3.05, 3.63) is 27.7 Å². The summed E-state index contributed by atoms with van der Waals surface area (Å²) in [7, 11) is 0. The minimum Gasteiger partial charge on any atom is -0.505 e. The van der Waals surface area contributed by atoms with Gasteiger partial charge in [0.2, 0.25) is 0 Å². The lowest BCUT2D eigenvalue weighted by molar-refractivity contribution is 0.475. The van der Waals surface area contributed by atoms with Crippen molar-refractivity contribution in [2.75, 3.05) is 0 Å². The standard InChI is InChI=1S/C21H34Cl2O/c1-2-3-4-5-6-7-8-9-10-11-12-13-14-15-18-16-17-19(22)21(24)20(18)23/h16-17,24H,2-15H2,1H3. The van der Waals surface area contributed by atoms with E-state index in [2.05, 4.69) is 6.92 Å². The zero-order chi connectivity index (χ0) is 17.6. The summed E-state index contributed by atoms with van der Waals surface area (Å²) in [6.45, 7) is 2.27. The van der Waals surface area contributed by atoms with Gasteiger partial charge in [0, 0.05) is 0 Å². The van der Waals surface area contributed by atoms with Gasteiger partial charge in [0.1, 0.15) is 0 Å². The Morgan fingerprint density at radius 2 is 1.17 bits per heavy atom. The summed E-state index contributed by atoms with van der Waals surface area (Å²) >= 11 is 12.0. The lowest BCUT2D eigenvalue weighted by Crippen LogP contribution is -1.89. The lowest BCUT2D eigenvalue weighted by Gasteiger charge is -2.07. The molecule has 3 heteroatoms. The van der Waals surface area contributed by atoms with Crippen LogP contribution in [0, 0.1) is 0 Å². The van der Waals surface area contributed by atoms with Crippen molar-refractivity contribution in [3.8, 4) is 5.75 Å². The third-order valence-corrected chi connectivity index (χ3v) is 5.42. The number of rotatable bonds is 14. The van der Waals surface area contributed by atoms with Crippen LogP contribution in [0.5, 0.6) is 5.75 Å². The Hall–Kier alpha value is -0.400. The number of aryl methyl sites for hydroxylation is 1. The average molecular weight is 373 g/mol. The summed E-state index contributed by atoms with van der Waals surface area (Å²) in [5.41, 5.74) is 1.00. The summed E-state index contributed by atoms with van der Waals surface area (Å²) in [4.78, 5) is 0. The monoisotopic (exact) mass is 372 g/mol. The van der Waals surface area contributed by atoms with Crippen LogP contribution >= 0.6 is 23.2 Å². The molecule has 0 aliphatic rings. The molecule has 1 nitrogen and oxygen atoms in total. The zero-order valence-corrected chi connectivity index (χ0v) is 16.8. The molecule has 1 rings (SSSR count). The van der Waals surface area contributed by atoms with Crippen LogP contribution in [0.3, 0.4) is 0 Å². The van der Waals surface area contributed by atoms with E-state index in [4.69, 9.17) is 23.2 Å². The average Bonchev–Trinajstić information content (AvgIpc) is 2.58. The van der Waals surface area contributed by atoms with Crippen molar-refractivity contribution in [2.45, 2.75) is 96.8 Å². The van der Waals surface area contributed by atoms with Crippen LogP contribution < -0.4 is 0 Å². The summed E-state index contributed by atoms with van der Waals surface area (Å²) < 4.78 is 0. The summed E-state index contributed by atoms with van der Waals surface area (Å²) in [6, 6.07) is 3.64. The van der Waals surface area contributed by atoms with Crippen LogP contribution in [0.1, 0.15) is 96.0 Å². The van der Waals surface area contributed by atoms with Gasteiger partial charge in [-0.15, -0.1) is 0 Å². The fourth-order valence-electron chi connectivity index (χ4n) is 3.11. The molecule has 0 spiro atoms. The second-order valence-electron chi connectivity index (χ2n) is 6.86. The van der Waals surface area contributed by atoms with Gasteiger partial charge in [0.05, 0.1) is 10.0 Å². The Balaban J connectivity index is 1.93. The van der Waals surface area contributed by atoms with Crippen molar-refractivity contribution >= 4 is 23.2 Å². The highest BCUT2D eigenvalue weighted by atomic mass is 35.5. The first-order valence-corrected chi connectivity index (χ1v) is 10.6. The van der Waals surface area contributed by atoms with Gasteiger partial charge in [-0.3, -0.25) is 0 Å². The molecule has 0 aliphatic heterocycles.